The van der Waals surface area contributed by atoms with Crippen molar-refractivity contribution in [2.75, 3.05) is 0 Å². The Labute approximate surface area is 138 Å². The Kier molecular flexibility index (Phi) is 15.1. The van der Waals surface area contributed by atoms with E-state index in [0.717, 1.165) is 25.0 Å². The molecule has 0 radical (unpaired) electrons. The summed E-state index contributed by atoms with van der Waals surface area (Å²) in [6.07, 6.45) is 11.3. The van der Waals surface area contributed by atoms with Gasteiger partial charge in [-0.2, -0.15) is 0 Å². The Bertz CT molecular complexity index is 291. The molecule has 0 heterocycles. The van der Waals surface area contributed by atoms with Gasteiger partial charge in [-0.05, 0) is 6.42 Å². The van der Waals surface area contributed by atoms with Gasteiger partial charge in [0.25, 0.3) is 5.97 Å². The zero-order valence-electron chi connectivity index (χ0n) is 15.5. The number of rotatable bonds is 11. The van der Waals surface area contributed by atoms with Crippen molar-refractivity contribution in [3.05, 3.63) is 11.8 Å². The number of aliphatic carboxylic acids is 1. The third-order valence-electron chi connectivity index (χ3n) is 3.70. The number of aliphatic hydroxyl groups is 1. The molecule has 2 N–H and O–H groups in total. The van der Waals surface area contributed by atoms with Crippen LogP contribution in [0.2, 0.25) is 19.6 Å². The smallest absolute Gasteiger partial charge is 0.300 e. The highest BCUT2D eigenvalue weighted by molar-refractivity contribution is 6.83. The van der Waals surface area contributed by atoms with E-state index >= 15 is 0 Å². The van der Waals surface area contributed by atoms with E-state index in [0.29, 0.717) is 0 Å². The minimum Gasteiger partial charge on any atom is -0.481 e. The molecule has 22 heavy (non-hydrogen) atoms. The summed E-state index contributed by atoms with van der Waals surface area (Å²) in [5, 5.41) is 18.6. The molecule has 0 bridgehead atoms. The second kappa shape index (κ2) is 14.0. The fraction of sp³-hybridized carbons (Fsp3) is 0.833. The second-order valence-corrected chi connectivity index (χ2v) is 12.2. The monoisotopic (exact) mass is 330 g/mol. The van der Waals surface area contributed by atoms with E-state index in [1.165, 1.54) is 44.9 Å². The Hall–Kier alpha value is -0.613. The van der Waals surface area contributed by atoms with Crippen LogP contribution in [0.1, 0.15) is 71.6 Å². The van der Waals surface area contributed by atoms with E-state index < -0.39 is 14.0 Å². The van der Waals surface area contributed by atoms with Crippen LogP contribution in [0.5, 0.6) is 0 Å². The van der Waals surface area contributed by atoms with Crippen LogP contribution >= 0.6 is 0 Å². The molecule has 0 saturated heterocycles. The lowest BCUT2D eigenvalue weighted by atomic mass is 10.1. The van der Waals surface area contributed by atoms with E-state index in [9.17, 15) is 5.11 Å². The van der Waals surface area contributed by atoms with Crippen molar-refractivity contribution in [3.63, 3.8) is 0 Å². The summed E-state index contributed by atoms with van der Waals surface area (Å²) in [5.41, 5.74) is 0. The van der Waals surface area contributed by atoms with E-state index in [1.807, 2.05) is 0 Å². The van der Waals surface area contributed by atoms with Gasteiger partial charge in [0, 0.05) is 6.92 Å². The lowest BCUT2D eigenvalue weighted by Gasteiger charge is -2.24. The van der Waals surface area contributed by atoms with Crippen molar-refractivity contribution in [1.82, 2.24) is 0 Å². The van der Waals surface area contributed by atoms with Crippen molar-refractivity contribution in [2.24, 2.45) is 0 Å². The molecule has 0 rings (SSSR count). The van der Waals surface area contributed by atoms with Gasteiger partial charge in [0.2, 0.25) is 0 Å². The first kappa shape index (κ1) is 23.7. The number of unbranched alkanes of at least 4 members (excludes halogenated alkanes) is 7. The summed E-state index contributed by atoms with van der Waals surface area (Å²) in [6, 6.07) is 0. The Balaban J connectivity index is 0. The summed E-state index contributed by atoms with van der Waals surface area (Å²) in [4.78, 5) is 9.00. The number of carboxylic acids is 1. The average molecular weight is 331 g/mol. The van der Waals surface area contributed by atoms with Crippen LogP contribution in [-0.2, 0) is 4.79 Å². The van der Waals surface area contributed by atoms with Crippen LogP contribution in [-0.4, -0.2) is 30.4 Å². The molecule has 0 aromatic rings. The topological polar surface area (TPSA) is 57.5 Å². The predicted octanol–water partition coefficient (Wildman–Crippen LogP) is 5.40. The first-order chi connectivity index (χ1) is 10.1. The summed E-state index contributed by atoms with van der Waals surface area (Å²) >= 11 is 0. The Morgan fingerprint density at radius 3 is 1.73 bits per heavy atom. The first-order valence-electron chi connectivity index (χ1n) is 8.69. The zero-order chi connectivity index (χ0) is 17.6. The quantitative estimate of drug-likeness (QED) is 0.394. The van der Waals surface area contributed by atoms with E-state index in [1.54, 1.807) is 0 Å². The summed E-state index contributed by atoms with van der Waals surface area (Å²) in [6.45, 7) is 14.2. The van der Waals surface area contributed by atoms with E-state index in [2.05, 4.69) is 33.1 Å². The first-order valence-corrected chi connectivity index (χ1v) is 12.2. The third kappa shape index (κ3) is 17.4. The maximum atomic E-state index is 10.1. The minimum absolute atomic E-state index is 0.253. The lowest BCUT2D eigenvalue weighted by Crippen LogP contribution is -2.31. The van der Waals surface area contributed by atoms with Gasteiger partial charge >= 0.3 is 0 Å². The van der Waals surface area contributed by atoms with Gasteiger partial charge in [-0.3, -0.25) is 4.79 Å². The van der Waals surface area contributed by atoms with Crippen LogP contribution in [0.15, 0.2) is 11.8 Å². The van der Waals surface area contributed by atoms with Crippen LogP contribution in [0.4, 0.5) is 0 Å². The minimum atomic E-state index is -1.36. The van der Waals surface area contributed by atoms with Crippen LogP contribution in [0.3, 0.4) is 0 Å². The molecule has 132 valence electrons. The molecular weight excluding hydrogens is 292 g/mol. The van der Waals surface area contributed by atoms with Crippen LogP contribution in [0.25, 0.3) is 0 Å². The van der Waals surface area contributed by atoms with Crippen molar-refractivity contribution in [3.8, 4) is 0 Å². The SMILES string of the molecule is C=C(C(O)CCCCCCCCCC)[Si](C)(C)C.CC(=O)O. The van der Waals surface area contributed by atoms with Gasteiger partial charge in [-0.1, -0.05) is 83.1 Å². The highest BCUT2D eigenvalue weighted by Crippen LogP contribution is 2.20. The Morgan fingerprint density at radius 2 is 1.36 bits per heavy atom. The average Bonchev–Trinajstić information content (AvgIpc) is 2.39. The highest BCUT2D eigenvalue weighted by atomic mass is 28.3. The molecule has 0 spiro atoms. The van der Waals surface area contributed by atoms with Gasteiger partial charge < -0.3 is 10.2 Å². The predicted molar refractivity (Wildman–Crippen MR) is 99.0 cm³/mol. The molecule has 0 aromatic heterocycles. The highest BCUT2D eigenvalue weighted by Gasteiger charge is 2.23. The fourth-order valence-electron chi connectivity index (χ4n) is 2.15. The molecule has 0 aliphatic carbocycles. The summed E-state index contributed by atoms with van der Waals surface area (Å²) in [7, 11) is -1.36. The molecule has 0 aliphatic heterocycles. The second-order valence-electron chi connectivity index (χ2n) is 7.07. The summed E-state index contributed by atoms with van der Waals surface area (Å²) < 4.78 is 0. The summed E-state index contributed by atoms with van der Waals surface area (Å²) in [5.74, 6) is -0.833. The molecule has 0 aromatic carbocycles. The number of aliphatic hydroxyl groups excluding tert-OH is 1. The van der Waals surface area contributed by atoms with Crippen LogP contribution < -0.4 is 0 Å². The maximum Gasteiger partial charge on any atom is 0.300 e. The standard InChI is InChI=1S/C16H34OSi.C2H4O2/c1-6-7-8-9-10-11-12-13-14-16(17)15(2)18(3,4)5;1-2(3)4/h16-17H,2,6-14H2,1,3-5H3;1H3,(H,3,4). The van der Waals surface area contributed by atoms with E-state index in [4.69, 9.17) is 9.90 Å². The Morgan fingerprint density at radius 1 is 1.00 bits per heavy atom. The molecule has 0 saturated carbocycles. The van der Waals surface area contributed by atoms with Gasteiger partial charge in [-0.15, -0.1) is 6.58 Å². The number of hydrogen-bond donors (Lipinski definition) is 2. The van der Waals surface area contributed by atoms with Crippen molar-refractivity contribution < 1.29 is 15.0 Å². The van der Waals surface area contributed by atoms with Crippen LogP contribution in [0, 0.1) is 0 Å². The van der Waals surface area contributed by atoms with Gasteiger partial charge in [0.1, 0.15) is 0 Å². The molecule has 0 aliphatic rings. The molecular formula is C18H38O3Si. The zero-order valence-corrected chi connectivity index (χ0v) is 16.5. The van der Waals surface area contributed by atoms with Gasteiger partial charge in [0.15, 0.2) is 0 Å². The fourth-order valence-corrected chi connectivity index (χ4v) is 3.29. The maximum absolute atomic E-state index is 10.1. The number of carboxylic acid groups (broad SMARTS) is 1. The number of hydrogen-bond acceptors (Lipinski definition) is 2. The van der Waals surface area contributed by atoms with Gasteiger partial charge in [0.05, 0.1) is 14.2 Å². The number of carbonyl (C=O) groups is 1. The lowest BCUT2D eigenvalue weighted by molar-refractivity contribution is -0.134. The molecule has 3 nitrogen and oxygen atoms in total. The molecule has 0 amide bonds. The van der Waals surface area contributed by atoms with Crippen molar-refractivity contribution in [2.45, 2.75) is 97.4 Å². The molecule has 1 unspecified atom stereocenters. The molecule has 1 atom stereocenters. The molecule has 0 fully saturated rings. The van der Waals surface area contributed by atoms with Crippen molar-refractivity contribution in [1.29, 1.82) is 0 Å². The van der Waals surface area contributed by atoms with Gasteiger partial charge in [-0.25, -0.2) is 0 Å². The largest absolute Gasteiger partial charge is 0.481 e. The van der Waals surface area contributed by atoms with Crippen molar-refractivity contribution >= 4 is 14.0 Å². The normalized spacial score (nSPS) is 12.3. The third-order valence-corrected chi connectivity index (χ3v) is 5.96. The van der Waals surface area contributed by atoms with E-state index in [-0.39, 0.29) is 6.10 Å². The molecule has 4 heteroatoms.